The molecule has 0 unspecified atom stereocenters. The molecule has 0 rings (SSSR count). The number of rotatable bonds is 10. The molecule has 0 spiro atoms. The highest BCUT2D eigenvalue weighted by Gasteiger charge is 2.60. The van der Waals surface area contributed by atoms with Gasteiger partial charge in [-0.15, -0.1) is 0 Å². The van der Waals surface area contributed by atoms with Crippen LogP contribution in [-0.2, 0) is 10.1 Å². The van der Waals surface area contributed by atoms with E-state index in [2.05, 4.69) is 27.7 Å². The summed E-state index contributed by atoms with van der Waals surface area (Å²) in [6.45, 7) is 15.9. The van der Waals surface area contributed by atoms with Gasteiger partial charge in [-0.2, -0.15) is 17.6 Å². The molecule has 4 nitrogen and oxygen atoms in total. The zero-order valence-electron chi connectivity index (χ0n) is 15.2. The van der Waals surface area contributed by atoms with Gasteiger partial charge in [0.15, 0.2) is 10.1 Å². The molecule has 0 heterocycles. The van der Waals surface area contributed by atoms with Crippen molar-refractivity contribution in [2.45, 2.75) is 71.5 Å². The maximum atomic E-state index is 12.7. The zero-order valence-corrected chi connectivity index (χ0v) is 16.1. The summed E-state index contributed by atoms with van der Waals surface area (Å²) in [5, 5.41) is -5.53. The van der Waals surface area contributed by atoms with Crippen LogP contribution >= 0.6 is 0 Å². The lowest BCUT2D eigenvalue weighted by atomic mass is 10.1. The Kier molecular flexibility index (Phi) is 11.4. The van der Waals surface area contributed by atoms with Crippen molar-refractivity contribution in [2.75, 3.05) is 26.2 Å². The van der Waals surface area contributed by atoms with Crippen LogP contribution in [-0.4, -0.2) is 54.8 Å². The molecule has 0 radical (unpaired) electrons. The fourth-order valence-corrected chi connectivity index (χ4v) is 2.73. The average molecular weight is 381 g/mol. The van der Waals surface area contributed by atoms with Gasteiger partial charge >= 0.3 is 11.2 Å². The summed E-state index contributed by atoms with van der Waals surface area (Å²) in [5.74, 6) is -4.80. The number of hydrogen-bond acceptors (Lipinski definition) is 3. The molecule has 148 valence electrons. The molecule has 0 fully saturated rings. The predicted molar refractivity (Wildman–Crippen MR) is 86.2 cm³/mol. The van der Waals surface area contributed by atoms with E-state index in [0.717, 1.165) is 0 Å². The van der Waals surface area contributed by atoms with E-state index in [0.29, 0.717) is 6.42 Å². The van der Waals surface area contributed by atoms with E-state index in [1.165, 1.54) is 30.7 Å². The van der Waals surface area contributed by atoms with E-state index in [1.54, 1.807) is 6.92 Å². The van der Waals surface area contributed by atoms with E-state index in [9.17, 15) is 30.5 Å². The van der Waals surface area contributed by atoms with Crippen LogP contribution in [0.25, 0.3) is 0 Å². The Morgan fingerprint density at radius 2 is 1.21 bits per heavy atom. The van der Waals surface area contributed by atoms with Crippen LogP contribution in [0.4, 0.5) is 17.6 Å². The van der Waals surface area contributed by atoms with Crippen LogP contribution in [0.2, 0.25) is 0 Å². The van der Waals surface area contributed by atoms with Gasteiger partial charge in [-0.25, -0.2) is 8.42 Å². The van der Waals surface area contributed by atoms with E-state index >= 15 is 0 Å². The summed E-state index contributed by atoms with van der Waals surface area (Å²) in [7, 11) is -6.33. The average Bonchev–Trinajstić information content (AvgIpc) is 2.50. The van der Waals surface area contributed by atoms with Crippen LogP contribution < -0.4 is 0 Å². The van der Waals surface area contributed by atoms with Gasteiger partial charge in [0.1, 0.15) is 0 Å². The van der Waals surface area contributed by atoms with Crippen molar-refractivity contribution < 1.29 is 35.0 Å². The summed E-state index contributed by atoms with van der Waals surface area (Å²) in [5.41, 5.74) is 0. The third-order valence-electron chi connectivity index (χ3n) is 4.52. The Morgan fingerprint density at radius 1 is 0.833 bits per heavy atom. The van der Waals surface area contributed by atoms with Gasteiger partial charge < -0.3 is 9.04 Å². The molecule has 0 N–H and O–H groups in total. The van der Waals surface area contributed by atoms with Gasteiger partial charge in [-0.1, -0.05) is 19.8 Å². The molecule has 0 amide bonds. The first-order valence-electron chi connectivity index (χ1n) is 8.36. The van der Waals surface area contributed by atoms with Gasteiger partial charge in [-0.3, -0.25) is 0 Å². The van der Waals surface area contributed by atoms with Crippen molar-refractivity contribution in [3.63, 3.8) is 0 Å². The molecule has 24 heavy (non-hydrogen) atoms. The van der Waals surface area contributed by atoms with Crippen LogP contribution in [0.15, 0.2) is 0 Å². The van der Waals surface area contributed by atoms with E-state index in [-0.39, 0.29) is 12.8 Å². The maximum Gasteiger partial charge on any atom is 0.396 e. The molecule has 0 aliphatic heterocycles. The summed E-state index contributed by atoms with van der Waals surface area (Å²) in [4.78, 5) is 0. The quantitative estimate of drug-likeness (QED) is 0.246. The molecule has 0 bridgehead atoms. The SMILES string of the molecule is CCCCCC(F)(F)C(F)(F)S(=O)(=O)[O-].CC[N+](CC)(CC)CC. The first-order chi connectivity index (χ1) is 10.8. The monoisotopic (exact) mass is 381 g/mol. The van der Waals surface area contributed by atoms with Crippen molar-refractivity contribution in [3.8, 4) is 0 Å². The molecule has 0 saturated heterocycles. The van der Waals surface area contributed by atoms with Crippen molar-refractivity contribution in [1.29, 1.82) is 0 Å². The summed E-state index contributed by atoms with van der Waals surface area (Å²) >= 11 is 0. The van der Waals surface area contributed by atoms with Crippen LogP contribution in [0, 0.1) is 0 Å². The van der Waals surface area contributed by atoms with Crippen molar-refractivity contribution in [3.05, 3.63) is 0 Å². The molecule has 0 atom stereocenters. The highest BCUT2D eigenvalue weighted by Crippen LogP contribution is 2.41. The van der Waals surface area contributed by atoms with Crippen LogP contribution in [0.1, 0.15) is 60.3 Å². The molecule has 0 aliphatic carbocycles. The number of unbranched alkanes of at least 4 members (excludes halogenated alkanes) is 2. The van der Waals surface area contributed by atoms with Gasteiger partial charge in [-0.05, 0) is 34.1 Å². The summed E-state index contributed by atoms with van der Waals surface area (Å²) in [6.07, 6.45) is -0.778. The molecule has 0 aromatic carbocycles. The second-order valence-electron chi connectivity index (χ2n) is 5.74. The fraction of sp³-hybridized carbons (Fsp3) is 1.00. The zero-order chi connectivity index (χ0) is 19.7. The number of nitrogens with zero attached hydrogens (tertiary/aromatic N) is 1. The van der Waals surface area contributed by atoms with E-state index < -0.39 is 27.7 Å². The van der Waals surface area contributed by atoms with E-state index in [4.69, 9.17) is 0 Å². The highest BCUT2D eigenvalue weighted by molar-refractivity contribution is 7.86. The van der Waals surface area contributed by atoms with Gasteiger partial charge in [0.05, 0.1) is 26.2 Å². The first-order valence-corrected chi connectivity index (χ1v) is 9.77. The third-order valence-corrected chi connectivity index (χ3v) is 5.44. The number of quaternary nitrogens is 1. The lowest BCUT2D eigenvalue weighted by Crippen LogP contribution is -2.47. The Hall–Kier alpha value is -0.410. The largest absolute Gasteiger partial charge is 0.743 e. The Morgan fingerprint density at radius 3 is 1.42 bits per heavy atom. The summed E-state index contributed by atoms with van der Waals surface area (Å²) in [6, 6.07) is 0. The molecule has 0 aromatic heterocycles. The van der Waals surface area contributed by atoms with Crippen LogP contribution in [0.5, 0.6) is 0 Å². The van der Waals surface area contributed by atoms with E-state index in [1.807, 2.05) is 0 Å². The number of halogens is 4. The smallest absolute Gasteiger partial charge is 0.396 e. The second kappa shape index (κ2) is 10.6. The normalized spacial score (nSPS) is 13.4. The number of hydrogen-bond donors (Lipinski definition) is 0. The maximum absolute atomic E-state index is 12.7. The standard InChI is InChI=1S/C8H20N.C7H12F4O3S/c1-5-9(6-2,7-3)8-4;1-2-3-4-5-6(8,9)7(10,11)15(12,13)14/h5-8H2,1-4H3;2-5H2,1H3,(H,12,13,14)/q+1;/p-1. The molecule has 0 aliphatic rings. The minimum absolute atomic E-state index is 0.255. The summed E-state index contributed by atoms with van der Waals surface area (Å²) < 4.78 is 81.5. The van der Waals surface area contributed by atoms with Gasteiger partial charge in [0, 0.05) is 6.42 Å². The molecule has 0 saturated carbocycles. The fourth-order valence-electron chi connectivity index (χ4n) is 2.27. The Balaban J connectivity index is 0. The van der Waals surface area contributed by atoms with Crippen molar-refractivity contribution in [2.24, 2.45) is 0 Å². The first kappa shape index (κ1) is 25.8. The van der Waals surface area contributed by atoms with Gasteiger partial charge in [0.25, 0.3) is 0 Å². The predicted octanol–water partition coefficient (Wildman–Crippen LogP) is 4.22. The topological polar surface area (TPSA) is 57.2 Å². The Labute approximate surface area is 143 Å². The molecular formula is C15H31F4NO3S. The molecule has 9 heteroatoms. The molecular weight excluding hydrogens is 350 g/mol. The highest BCUT2D eigenvalue weighted by atomic mass is 32.2. The number of alkyl halides is 4. The van der Waals surface area contributed by atoms with Crippen LogP contribution in [0.3, 0.4) is 0 Å². The van der Waals surface area contributed by atoms with Gasteiger partial charge in [0.2, 0.25) is 0 Å². The van der Waals surface area contributed by atoms with Crippen molar-refractivity contribution in [1.82, 2.24) is 0 Å². The minimum Gasteiger partial charge on any atom is -0.743 e. The third kappa shape index (κ3) is 7.23. The second-order valence-corrected chi connectivity index (χ2v) is 7.16. The minimum atomic E-state index is -6.33. The Bertz CT molecular complexity index is 420. The lowest BCUT2D eigenvalue weighted by molar-refractivity contribution is -0.921. The lowest BCUT2D eigenvalue weighted by Gasteiger charge is -2.34. The molecule has 0 aromatic rings. The van der Waals surface area contributed by atoms with Crippen molar-refractivity contribution >= 4 is 10.1 Å².